The highest BCUT2D eigenvalue weighted by atomic mass is 33.1. The predicted octanol–water partition coefficient (Wildman–Crippen LogP) is 4.12. The van der Waals surface area contributed by atoms with Crippen LogP contribution < -0.4 is 20.3 Å². The van der Waals surface area contributed by atoms with Crippen LogP contribution in [0.5, 0.6) is 0 Å². The zero-order valence-corrected chi connectivity index (χ0v) is 49.1. The van der Waals surface area contributed by atoms with E-state index in [4.69, 9.17) is 23.7 Å². The molecular weight excluding hydrogens is 1150 g/mol. The summed E-state index contributed by atoms with van der Waals surface area (Å²) in [6.07, 6.45) is -3.71. The number of sulfonamides is 1. The molecule has 4 bridgehead atoms. The number of hydrogen-bond donors (Lipinski definition) is 4. The van der Waals surface area contributed by atoms with Gasteiger partial charge in [-0.2, -0.15) is 0 Å². The molecule has 0 aromatic heterocycles. The standard InChI is InChI=1S/C53H62N8O15S5/c1-47(2,3)76-45(68)55-23-26-73-28-27-72-25-22-54-38(63)21-13-14-24-74-46(69)75-32-53-44(67)60-40-49(30-51(60,78-80-53)42(65)58(53)5,35-18-10-12-20-37(35)61(40)81(70,71)33-15-7-6-8-16-33)48-29-50-41(64)57(4)52(31-62,79-77-50)43(66)59(50)39(48)56-36-19-11-9-17-34(36)48/h6-12,15-20,39-40,56,62H,13-14,21-32H2,1-5H3,(H,54,63)(H,55,68)/t39-,40+,48+,49+,50+,51+,52+,53+/m1/s1. The van der Waals surface area contributed by atoms with Gasteiger partial charge in [0.2, 0.25) is 15.6 Å². The van der Waals surface area contributed by atoms with E-state index in [1.807, 2.05) is 30.3 Å². The summed E-state index contributed by atoms with van der Waals surface area (Å²) in [7, 11) is 2.70. The number of nitrogens with one attached hydrogen (secondary N) is 3. The smallest absolute Gasteiger partial charge is 0.444 e. The Labute approximate surface area is 483 Å². The molecule has 13 rings (SSSR count). The molecule has 28 heteroatoms. The fraction of sp³-hybridized carbons (Fsp3) is 0.528. The van der Waals surface area contributed by atoms with Crippen LogP contribution in [-0.4, -0.2) is 186 Å². The second-order valence-electron chi connectivity index (χ2n) is 21.9. The third-order valence-corrected chi connectivity index (χ3v) is 25.5. The number of aliphatic hydroxyl groups is 1. The SMILES string of the molecule is CN1C(=O)[C@@]23C[C@]4([C@]56C[C@@]78SS[C@@](COC(=O)OCCCCC(=O)NCCOCCOCCNC(=O)OC(C)(C)C)(C(=O)N7[C@H]5N(S(=O)(=O)c5ccccc5)c5ccccc56)N(C)C8=O)c5ccccc5N[C@@H]4N2C(=O)[C@]1(CO)SS3. The van der Waals surface area contributed by atoms with Gasteiger partial charge in [-0.1, -0.05) is 76.2 Å². The van der Waals surface area contributed by atoms with E-state index in [1.54, 1.807) is 57.2 Å². The van der Waals surface area contributed by atoms with E-state index < -0.39 is 107 Å². The average molecular weight is 1210 g/mol. The topological polar surface area (TPSA) is 272 Å². The molecule has 0 radical (unpaired) electrons. The summed E-state index contributed by atoms with van der Waals surface area (Å²) < 4.78 is 60.0. The lowest BCUT2D eigenvalue weighted by atomic mass is 9.54. The number of anilines is 2. The van der Waals surface area contributed by atoms with Gasteiger partial charge in [-0.25, -0.2) is 22.3 Å². The summed E-state index contributed by atoms with van der Waals surface area (Å²) in [5, 5.41) is 20.0. The number of ether oxygens (including phenoxy) is 5. The van der Waals surface area contributed by atoms with Gasteiger partial charge >= 0.3 is 12.2 Å². The molecular formula is C53H62N8O15S5. The first-order valence-corrected chi connectivity index (χ1v) is 32.2. The van der Waals surface area contributed by atoms with Crippen molar-refractivity contribution in [2.24, 2.45) is 0 Å². The van der Waals surface area contributed by atoms with E-state index in [-0.39, 0.29) is 75.3 Å². The Hall–Kier alpha value is -5.62. The van der Waals surface area contributed by atoms with Crippen LogP contribution in [0.3, 0.4) is 0 Å². The fourth-order valence-corrected chi connectivity index (χ4v) is 21.9. The first kappa shape index (κ1) is 57.2. The fourth-order valence-electron chi connectivity index (χ4n) is 12.9. The molecule has 3 aromatic rings. The van der Waals surface area contributed by atoms with Crippen LogP contribution in [0, 0.1) is 0 Å². The second kappa shape index (κ2) is 20.9. The summed E-state index contributed by atoms with van der Waals surface area (Å²) in [6.45, 7) is 5.48. The van der Waals surface area contributed by atoms with Crippen molar-refractivity contribution in [3.63, 3.8) is 0 Å². The number of alkyl carbamates (subject to hydrolysis) is 1. The Morgan fingerprint density at radius 2 is 1.28 bits per heavy atom. The van der Waals surface area contributed by atoms with Crippen LogP contribution >= 0.6 is 43.2 Å². The Bertz CT molecular complexity index is 3200. The number of carbonyl (C=O) groups excluding carboxylic acids is 7. The number of unbranched alkanes of at least 4 members (excludes halogenated alkanes) is 1. The molecule has 8 fully saturated rings. The Kier molecular flexibility index (Phi) is 14.8. The van der Waals surface area contributed by atoms with Gasteiger partial charge in [0.1, 0.15) is 24.5 Å². The minimum absolute atomic E-state index is 0.0794. The lowest BCUT2D eigenvalue weighted by Crippen LogP contribution is -2.78. The molecule has 0 unspecified atom stereocenters. The van der Waals surface area contributed by atoms with Crippen molar-refractivity contribution in [3.05, 3.63) is 90.0 Å². The minimum atomic E-state index is -4.65. The maximum atomic E-state index is 16.1. The Morgan fingerprint density at radius 1 is 0.691 bits per heavy atom. The number of aliphatic hydroxyl groups excluding tert-OH is 1. The summed E-state index contributed by atoms with van der Waals surface area (Å²) in [4.78, 5) is 98.2. The van der Waals surface area contributed by atoms with Gasteiger partial charge in [0.25, 0.3) is 33.7 Å². The zero-order valence-electron chi connectivity index (χ0n) is 45.0. The molecule has 23 nitrogen and oxygen atoms in total. The molecule has 434 valence electrons. The van der Waals surface area contributed by atoms with Crippen LogP contribution in [0.25, 0.3) is 0 Å². The van der Waals surface area contributed by atoms with Crippen molar-refractivity contribution in [2.75, 3.05) is 83.1 Å². The Balaban J connectivity index is 0.820. The molecule has 3 aromatic carbocycles. The summed E-state index contributed by atoms with van der Waals surface area (Å²) >= 11 is 0. The summed E-state index contributed by atoms with van der Waals surface area (Å²) in [5.74, 6) is -2.43. The van der Waals surface area contributed by atoms with Crippen LogP contribution in [0.15, 0.2) is 83.8 Å². The largest absolute Gasteiger partial charge is 0.508 e. The van der Waals surface area contributed by atoms with Crippen LogP contribution in [0.1, 0.15) is 64.0 Å². The first-order valence-electron chi connectivity index (χ1n) is 26.5. The van der Waals surface area contributed by atoms with Crippen molar-refractivity contribution in [1.82, 2.24) is 30.2 Å². The molecule has 8 saturated heterocycles. The van der Waals surface area contributed by atoms with E-state index in [9.17, 15) is 19.5 Å². The lowest BCUT2D eigenvalue weighted by Gasteiger charge is -2.58. The number of likely N-dealkylation sites (N-methyl/N-ethyl adjacent to an activating group) is 2. The van der Waals surface area contributed by atoms with Gasteiger partial charge in [0.05, 0.1) is 61.1 Å². The first-order chi connectivity index (χ1) is 38.6. The van der Waals surface area contributed by atoms with Crippen LogP contribution in [0.4, 0.5) is 21.0 Å². The third kappa shape index (κ3) is 8.48. The molecule has 81 heavy (non-hydrogen) atoms. The number of rotatable bonds is 20. The van der Waals surface area contributed by atoms with Crippen LogP contribution in [0.2, 0.25) is 0 Å². The molecule has 0 saturated carbocycles. The number of amides is 6. The monoisotopic (exact) mass is 1210 g/mol. The van der Waals surface area contributed by atoms with E-state index in [2.05, 4.69) is 16.0 Å². The number of fused-ring (bicyclic) bond motifs is 11. The van der Waals surface area contributed by atoms with E-state index in [0.717, 1.165) is 32.4 Å². The van der Waals surface area contributed by atoms with E-state index in [0.29, 0.717) is 36.3 Å². The quantitative estimate of drug-likeness (QED) is 0.0704. The minimum Gasteiger partial charge on any atom is -0.444 e. The van der Waals surface area contributed by atoms with Gasteiger partial charge in [-0.3, -0.25) is 33.8 Å². The normalized spacial score (nSPS) is 30.1. The van der Waals surface area contributed by atoms with Crippen molar-refractivity contribution in [1.29, 1.82) is 0 Å². The second-order valence-corrected chi connectivity index (χ2v) is 29.1. The number of para-hydroxylation sites is 2. The third-order valence-electron chi connectivity index (χ3n) is 16.4. The number of nitrogens with zero attached hydrogens (tertiary/aromatic N) is 5. The molecule has 2 spiro atoms. The number of benzene rings is 3. The van der Waals surface area contributed by atoms with Crippen molar-refractivity contribution in [2.45, 2.75) is 106 Å². The van der Waals surface area contributed by atoms with Crippen LogP contribution in [-0.2, 0) is 68.5 Å². The van der Waals surface area contributed by atoms with Gasteiger partial charge in [-0.15, -0.1) is 0 Å². The van der Waals surface area contributed by atoms with Crippen molar-refractivity contribution in [3.8, 4) is 0 Å². The van der Waals surface area contributed by atoms with Gasteiger partial charge in [0.15, 0.2) is 9.74 Å². The summed E-state index contributed by atoms with van der Waals surface area (Å²) in [6, 6.07) is 22.1. The van der Waals surface area contributed by atoms with Gasteiger partial charge in [-0.05, 0) is 90.6 Å². The van der Waals surface area contributed by atoms with Crippen molar-refractivity contribution >= 4 is 106 Å². The van der Waals surface area contributed by atoms with E-state index in [1.165, 1.54) is 60.9 Å². The highest BCUT2D eigenvalue weighted by Crippen LogP contribution is 2.79. The lowest BCUT2D eigenvalue weighted by molar-refractivity contribution is -0.167. The zero-order chi connectivity index (χ0) is 57.5. The maximum absolute atomic E-state index is 16.1. The number of hydrogen-bond acceptors (Lipinski definition) is 20. The van der Waals surface area contributed by atoms with Crippen molar-refractivity contribution < 1.29 is 70.8 Å². The molecule has 0 aliphatic carbocycles. The number of carbonyl (C=O) groups is 7. The maximum Gasteiger partial charge on any atom is 0.508 e. The predicted molar refractivity (Wildman–Crippen MR) is 300 cm³/mol. The number of piperazine rings is 2. The molecule has 4 N–H and O–H groups in total. The molecule has 10 aliphatic heterocycles. The molecule has 8 atom stereocenters. The molecule has 6 amide bonds. The highest BCUT2D eigenvalue weighted by Gasteiger charge is 2.89. The molecule has 10 heterocycles. The summed E-state index contributed by atoms with van der Waals surface area (Å²) in [5.41, 5.74) is -1.71. The highest BCUT2D eigenvalue weighted by molar-refractivity contribution is 8.78. The van der Waals surface area contributed by atoms with Gasteiger partial charge in [0, 0.05) is 52.1 Å². The average Bonchev–Trinajstić information content (AvgIpc) is 1.53. The van der Waals surface area contributed by atoms with Gasteiger partial charge < -0.3 is 54.5 Å². The molecule has 10 aliphatic rings. The van der Waals surface area contributed by atoms with E-state index >= 15 is 27.6 Å². The Morgan fingerprint density at radius 3 is 1.98 bits per heavy atom.